The molecule has 5 nitrogen and oxygen atoms in total. The Hall–Kier alpha value is -1.75. The summed E-state index contributed by atoms with van der Waals surface area (Å²) in [7, 11) is 0. The van der Waals surface area contributed by atoms with Crippen molar-refractivity contribution in [2.75, 3.05) is 19.8 Å². The first-order valence-electron chi connectivity index (χ1n) is 7.07. The average Bonchev–Trinajstić information content (AvgIpc) is 2.46. The normalized spacial score (nSPS) is 18.6. The molecule has 5 heteroatoms. The van der Waals surface area contributed by atoms with E-state index >= 15 is 0 Å². The fourth-order valence-electron chi connectivity index (χ4n) is 2.29. The molecule has 110 valence electrons. The topological polar surface area (TPSA) is 70.6 Å². The van der Waals surface area contributed by atoms with Crippen LogP contribution in [0.4, 0.5) is 4.79 Å². The summed E-state index contributed by atoms with van der Waals surface area (Å²) in [5.74, 6) is 1.12. The number of aliphatic hydroxyl groups excluding tert-OH is 1. The zero-order valence-corrected chi connectivity index (χ0v) is 11.8. The number of nitrogens with one attached hydrogen (secondary N) is 2. The number of rotatable bonds is 5. The molecular weight excluding hydrogens is 256 g/mol. The molecule has 3 N–H and O–H groups in total. The smallest absolute Gasteiger partial charge is 0.315 e. The second-order valence-corrected chi connectivity index (χ2v) is 5.20. The highest BCUT2D eigenvalue weighted by Gasteiger charge is 2.22. The van der Waals surface area contributed by atoms with Crippen LogP contribution in [-0.2, 0) is 0 Å². The van der Waals surface area contributed by atoms with Crippen molar-refractivity contribution in [3.8, 4) is 5.75 Å². The number of ether oxygens (including phenoxy) is 1. The highest BCUT2D eigenvalue weighted by molar-refractivity contribution is 5.74. The predicted octanol–water partition coefficient (Wildman–Crippen LogP) is 1.83. The lowest BCUT2D eigenvalue weighted by Crippen LogP contribution is -2.41. The maximum absolute atomic E-state index is 11.9. The number of hydrogen-bond donors (Lipinski definition) is 3. The molecule has 20 heavy (non-hydrogen) atoms. The summed E-state index contributed by atoms with van der Waals surface area (Å²) in [5, 5.41) is 14.7. The van der Waals surface area contributed by atoms with Crippen molar-refractivity contribution in [3.63, 3.8) is 0 Å². The molecule has 0 saturated carbocycles. The van der Waals surface area contributed by atoms with Gasteiger partial charge in [-0.05, 0) is 18.4 Å². The number of carbonyl (C=O) groups excluding carboxylic acids is 1. The van der Waals surface area contributed by atoms with Gasteiger partial charge in [-0.25, -0.2) is 4.79 Å². The second-order valence-electron chi connectivity index (χ2n) is 5.20. The van der Waals surface area contributed by atoms with Gasteiger partial charge in [-0.1, -0.05) is 25.1 Å². The Morgan fingerprint density at radius 2 is 2.30 bits per heavy atom. The Kier molecular flexibility index (Phi) is 5.24. The molecule has 0 spiro atoms. The van der Waals surface area contributed by atoms with Gasteiger partial charge in [0.1, 0.15) is 5.75 Å². The van der Waals surface area contributed by atoms with Gasteiger partial charge in [0.15, 0.2) is 0 Å². The standard InChI is InChI=1S/C15H22N2O3/c1-11(6-8-18)10-16-15(19)17-13-7-9-20-14-5-3-2-4-12(13)14/h2-5,11,13,18H,6-10H2,1H3,(H2,16,17,19). The zero-order chi connectivity index (χ0) is 14.4. The van der Waals surface area contributed by atoms with Crippen LogP contribution in [-0.4, -0.2) is 30.9 Å². The molecule has 1 aromatic rings. The number of urea groups is 1. The lowest BCUT2D eigenvalue weighted by atomic mass is 10.0. The van der Waals surface area contributed by atoms with Gasteiger partial charge in [-0.15, -0.1) is 0 Å². The maximum atomic E-state index is 11.9. The number of carbonyl (C=O) groups is 1. The largest absolute Gasteiger partial charge is 0.493 e. The first-order chi connectivity index (χ1) is 9.70. The molecule has 2 rings (SSSR count). The molecule has 2 amide bonds. The lowest BCUT2D eigenvalue weighted by Gasteiger charge is -2.26. The third kappa shape index (κ3) is 3.87. The van der Waals surface area contributed by atoms with Crippen molar-refractivity contribution < 1.29 is 14.6 Å². The van der Waals surface area contributed by atoms with E-state index in [4.69, 9.17) is 9.84 Å². The number of aliphatic hydroxyl groups is 1. The first kappa shape index (κ1) is 14.7. The monoisotopic (exact) mass is 278 g/mol. The van der Waals surface area contributed by atoms with Crippen molar-refractivity contribution >= 4 is 6.03 Å². The molecule has 0 aliphatic carbocycles. The number of para-hydroxylation sites is 1. The third-order valence-electron chi connectivity index (χ3n) is 3.50. The summed E-state index contributed by atoms with van der Waals surface area (Å²) in [4.78, 5) is 11.9. The van der Waals surface area contributed by atoms with Crippen LogP contribution in [0, 0.1) is 5.92 Å². The molecule has 1 aromatic carbocycles. The van der Waals surface area contributed by atoms with Crippen LogP contribution in [0.1, 0.15) is 31.4 Å². The molecule has 1 heterocycles. The quantitative estimate of drug-likeness (QED) is 0.769. The van der Waals surface area contributed by atoms with Gasteiger partial charge in [0.25, 0.3) is 0 Å². The molecule has 0 saturated heterocycles. The van der Waals surface area contributed by atoms with Crippen LogP contribution in [0.5, 0.6) is 5.75 Å². The number of amides is 2. The minimum atomic E-state index is -0.170. The van der Waals surface area contributed by atoms with Gasteiger partial charge >= 0.3 is 6.03 Å². The number of fused-ring (bicyclic) bond motifs is 1. The van der Waals surface area contributed by atoms with Crippen molar-refractivity contribution in [2.24, 2.45) is 5.92 Å². The van der Waals surface area contributed by atoms with E-state index in [9.17, 15) is 4.79 Å². The number of hydrogen-bond acceptors (Lipinski definition) is 3. The van der Waals surface area contributed by atoms with Gasteiger partial charge in [0.2, 0.25) is 0 Å². The van der Waals surface area contributed by atoms with Crippen molar-refractivity contribution in [3.05, 3.63) is 29.8 Å². The lowest BCUT2D eigenvalue weighted by molar-refractivity contribution is 0.219. The average molecular weight is 278 g/mol. The first-order valence-corrected chi connectivity index (χ1v) is 7.07. The van der Waals surface area contributed by atoms with Gasteiger partial charge in [0.05, 0.1) is 12.6 Å². The van der Waals surface area contributed by atoms with E-state index in [-0.39, 0.29) is 24.6 Å². The minimum Gasteiger partial charge on any atom is -0.493 e. The summed E-state index contributed by atoms with van der Waals surface area (Å²) in [6.45, 7) is 3.33. The van der Waals surface area contributed by atoms with Gasteiger partial charge in [-0.3, -0.25) is 0 Å². The summed E-state index contributed by atoms with van der Waals surface area (Å²) in [6, 6.07) is 7.60. The molecule has 2 unspecified atom stereocenters. The Morgan fingerprint density at radius 3 is 3.10 bits per heavy atom. The Labute approximate surface area is 119 Å². The van der Waals surface area contributed by atoms with Crippen LogP contribution in [0.15, 0.2) is 24.3 Å². The maximum Gasteiger partial charge on any atom is 0.315 e. The minimum absolute atomic E-state index is 0.00639. The van der Waals surface area contributed by atoms with Crippen LogP contribution in [0.3, 0.4) is 0 Å². The fourth-order valence-corrected chi connectivity index (χ4v) is 2.29. The van der Waals surface area contributed by atoms with E-state index in [1.54, 1.807) is 0 Å². The van der Waals surface area contributed by atoms with E-state index in [2.05, 4.69) is 10.6 Å². The van der Waals surface area contributed by atoms with E-state index < -0.39 is 0 Å². The van der Waals surface area contributed by atoms with Crippen molar-refractivity contribution in [1.82, 2.24) is 10.6 Å². The highest BCUT2D eigenvalue weighted by Crippen LogP contribution is 2.31. The van der Waals surface area contributed by atoms with E-state index in [1.165, 1.54) is 0 Å². The Morgan fingerprint density at radius 1 is 1.50 bits per heavy atom. The van der Waals surface area contributed by atoms with Gasteiger partial charge in [-0.2, -0.15) is 0 Å². The summed E-state index contributed by atoms with van der Waals surface area (Å²) >= 11 is 0. The molecule has 0 radical (unpaired) electrons. The molecule has 0 bridgehead atoms. The van der Waals surface area contributed by atoms with Crippen LogP contribution in [0.25, 0.3) is 0 Å². The molecule has 2 atom stereocenters. The summed E-state index contributed by atoms with van der Waals surface area (Å²) in [5.41, 5.74) is 1.03. The van der Waals surface area contributed by atoms with Crippen LogP contribution in [0.2, 0.25) is 0 Å². The van der Waals surface area contributed by atoms with Crippen molar-refractivity contribution in [2.45, 2.75) is 25.8 Å². The zero-order valence-electron chi connectivity index (χ0n) is 11.8. The van der Waals surface area contributed by atoms with E-state index in [0.29, 0.717) is 19.6 Å². The molecule has 1 aliphatic heterocycles. The van der Waals surface area contributed by atoms with Gasteiger partial charge in [0, 0.05) is 25.1 Å². The van der Waals surface area contributed by atoms with E-state index in [0.717, 1.165) is 17.7 Å². The predicted molar refractivity (Wildman–Crippen MR) is 76.7 cm³/mol. The third-order valence-corrected chi connectivity index (χ3v) is 3.50. The molecule has 1 aliphatic rings. The molecule has 0 aromatic heterocycles. The van der Waals surface area contributed by atoms with E-state index in [1.807, 2.05) is 31.2 Å². The molecule has 0 fully saturated rings. The number of benzene rings is 1. The van der Waals surface area contributed by atoms with Crippen LogP contribution >= 0.6 is 0 Å². The van der Waals surface area contributed by atoms with Crippen molar-refractivity contribution in [1.29, 1.82) is 0 Å². The molecular formula is C15H22N2O3. The summed E-state index contributed by atoms with van der Waals surface area (Å²) in [6.07, 6.45) is 1.47. The summed E-state index contributed by atoms with van der Waals surface area (Å²) < 4.78 is 5.57. The fraction of sp³-hybridized carbons (Fsp3) is 0.533. The SMILES string of the molecule is CC(CCO)CNC(=O)NC1CCOc2ccccc21. The van der Waals surface area contributed by atoms with Crippen LogP contribution < -0.4 is 15.4 Å². The Balaban J connectivity index is 1.86. The highest BCUT2D eigenvalue weighted by atomic mass is 16.5. The van der Waals surface area contributed by atoms with Gasteiger partial charge < -0.3 is 20.5 Å². The Bertz CT molecular complexity index is 450. The second kappa shape index (κ2) is 7.14.